The monoisotopic (exact) mass is 427 g/mol. The van der Waals surface area contributed by atoms with Gasteiger partial charge in [-0.1, -0.05) is 36.4 Å². The number of amides is 1. The van der Waals surface area contributed by atoms with E-state index in [0.717, 1.165) is 35.2 Å². The standard InChI is InChI=1S/C22H25N3O2S2/c1-3-23-19(26)14(2)28-22-24-20-18(16-12-8-5-9-13-17(16)29-20)21(27)25(22)15-10-6-4-7-11-15/h4,6-7,10-11,14H,3,5,8-9,12-13H2,1-2H3,(H,23,26). The van der Waals surface area contributed by atoms with Crippen LogP contribution in [0.25, 0.3) is 15.9 Å². The zero-order chi connectivity index (χ0) is 20.4. The molecule has 0 saturated carbocycles. The van der Waals surface area contributed by atoms with Crippen LogP contribution in [0, 0.1) is 0 Å². The minimum atomic E-state index is -0.341. The summed E-state index contributed by atoms with van der Waals surface area (Å²) in [4.78, 5) is 33.0. The third-order valence-electron chi connectivity index (χ3n) is 5.22. The second-order valence-electron chi connectivity index (χ2n) is 7.27. The fourth-order valence-corrected chi connectivity index (χ4v) is 6.03. The average Bonchev–Trinajstić information content (AvgIpc) is 2.90. The molecule has 1 aliphatic carbocycles. The summed E-state index contributed by atoms with van der Waals surface area (Å²) in [7, 11) is 0. The molecule has 152 valence electrons. The average molecular weight is 428 g/mol. The third kappa shape index (κ3) is 3.98. The lowest BCUT2D eigenvalue weighted by Crippen LogP contribution is -2.31. The molecule has 2 heterocycles. The highest BCUT2D eigenvalue weighted by molar-refractivity contribution is 8.00. The lowest BCUT2D eigenvalue weighted by atomic mass is 10.1. The molecule has 3 aromatic rings. The Hall–Kier alpha value is -2.12. The highest BCUT2D eigenvalue weighted by Crippen LogP contribution is 2.35. The number of hydrogen-bond donors (Lipinski definition) is 1. The van der Waals surface area contributed by atoms with Crippen LogP contribution in [0.5, 0.6) is 0 Å². The Labute approximate surface area is 178 Å². The molecule has 5 nitrogen and oxygen atoms in total. The third-order valence-corrected chi connectivity index (χ3v) is 7.46. The fourth-order valence-electron chi connectivity index (χ4n) is 3.78. The van der Waals surface area contributed by atoms with E-state index < -0.39 is 0 Å². The van der Waals surface area contributed by atoms with E-state index in [1.807, 2.05) is 44.2 Å². The first kappa shape index (κ1) is 20.2. The van der Waals surface area contributed by atoms with E-state index in [1.165, 1.54) is 35.0 Å². The first-order valence-electron chi connectivity index (χ1n) is 10.2. The molecule has 7 heteroatoms. The first-order valence-corrected chi connectivity index (χ1v) is 11.9. The molecule has 0 radical (unpaired) electrons. The number of carbonyl (C=O) groups excluding carboxylic acids is 1. The highest BCUT2D eigenvalue weighted by atomic mass is 32.2. The van der Waals surface area contributed by atoms with Crippen LogP contribution in [-0.4, -0.2) is 27.3 Å². The topological polar surface area (TPSA) is 64.0 Å². The Morgan fingerprint density at radius 2 is 2.00 bits per heavy atom. The molecule has 4 rings (SSSR count). The summed E-state index contributed by atoms with van der Waals surface area (Å²) in [6.45, 7) is 4.34. The SMILES string of the molecule is CCNC(=O)C(C)Sc1nc2sc3c(c2c(=O)n1-c1ccccc1)CCCCC3. The molecular formula is C22H25N3O2S2. The zero-order valence-electron chi connectivity index (χ0n) is 16.7. The van der Waals surface area contributed by atoms with E-state index >= 15 is 0 Å². The molecule has 2 aromatic heterocycles. The largest absolute Gasteiger partial charge is 0.355 e. The second kappa shape index (κ2) is 8.71. The van der Waals surface area contributed by atoms with Gasteiger partial charge in [0.05, 0.1) is 16.3 Å². The van der Waals surface area contributed by atoms with Crippen LogP contribution in [0.3, 0.4) is 0 Å². The van der Waals surface area contributed by atoms with Crippen molar-refractivity contribution < 1.29 is 4.79 Å². The van der Waals surface area contributed by atoms with Crippen molar-refractivity contribution in [2.75, 3.05) is 6.54 Å². The van der Waals surface area contributed by atoms with Crippen LogP contribution in [-0.2, 0) is 17.6 Å². The maximum absolute atomic E-state index is 13.7. The first-order chi connectivity index (χ1) is 14.1. The summed E-state index contributed by atoms with van der Waals surface area (Å²) in [5.74, 6) is -0.0478. The molecule has 1 unspecified atom stereocenters. The Bertz CT molecular complexity index is 1090. The Kier molecular flexibility index (Phi) is 6.06. The van der Waals surface area contributed by atoms with Crippen molar-refractivity contribution in [3.63, 3.8) is 0 Å². The number of fused-ring (bicyclic) bond motifs is 3. The van der Waals surface area contributed by atoms with Crippen molar-refractivity contribution in [1.29, 1.82) is 0 Å². The van der Waals surface area contributed by atoms with Gasteiger partial charge >= 0.3 is 0 Å². The minimum absolute atomic E-state index is 0.0220. The maximum atomic E-state index is 13.7. The second-order valence-corrected chi connectivity index (χ2v) is 9.66. The van der Waals surface area contributed by atoms with E-state index in [1.54, 1.807) is 15.9 Å². The fraction of sp³-hybridized carbons (Fsp3) is 0.409. The van der Waals surface area contributed by atoms with E-state index in [0.29, 0.717) is 11.7 Å². The van der Waals surface area contributed by atoms with Gasteiger partial charge < -0.3 is 5.32 Å². The van der Waals surface area contributed by atoms with Gasteiger partial charge in [-0.25, -0.2) is 4.98 Å². The van der Waals surface area contributed by atoms with Gasteiger partial charge in [0.2, 0.25) is 5.91 Å². The number of aryl methyl sites for hydroxylation is 2. The summed E-state index contributed by atoms with van der Waals surface area (Å²) in [6.07, 6.45) is 5.47. The number of benzene rings is 1. The molecule has 1 amide bonds. The highest BCUT2D eigenvalue weighted by Gasteiger charge is 2.24. The van der Waals surface area contributed by atoms with Crippen LogP contribution in [0.2, 0.25) is 0 Å². The van der Waals surface area contributed by atoms with Gasteiger partial charge in [0, 0.05) is 11.4 Å². The Morgan fingerprint density at radius 1 is 1.24 bits per heavy atom. The van der Waals surface area contributed by atoms with Crippen molar-refractivity contribution in [2.45, 2.75) is 56.4 Å². The summed E-state index contributed by atoms with van der Waals surface area (Å²) >= 11 is 2.99. The summed E-state index contributed by atoms with van der Waals surface area (Å²) in [6, 6.07) is 9.60. The number of rotatable bonds is 5. The number of para-hydroxylation sites is 1. The van der Waals surface area contributed by atoms with Crippen molar-refractivity contribution in [3.8, 4) is 5.69 Å². The number of hydrogen-bond acceptors (Lipinski definition) is 5. The van der Waals surface area contributed by atoms with Crippen LogP contribution in [0.15, 0.2) is 40.3 Å². The number of thioether (sulfide) groups is 1. The lowest BCUT2D eigenvalue weighted by Gasteiger charge is -2.15. The predicted molar refractivity (Wildman–Crippen MR) is 120 cm³/mol. The molecule has 1 aliphatic rings. The predicted octanol–water partition coefficient (Wildman–Crippen LogP) is 4.33. The molecule has 1 N–H and O–H groups in total. The van der Waals surface area contributed by atoms with Gasteiger partial charge in [0.1, 0.15) is 4.83 Å². The van der Waals surface area contributed by atoms with Crippen molar-refractivity contribution in [2.24, 2.45) is 0 Å². The molecule has 1 aromatic carbocycles. The normalized spacial score (nSPS) is 15.0. The number of nitrogens with one attached hydrogen (secondary N) is 1. The van der Waals surface area contributed by atoms with Gasteiger partial charge in [0.15, 0.2) is 5.16 Å². The van der Waals surface area contributed by atoms with Gasteiger partial charge in [-0.2, -0.15) is 0 Å². The molecular weight excluding hydrogens is 402 g/mol. The van der Waals surface area contributed by atoms with E-state index in [4.69, 9.17) is 4.98 Å². The molecule has 0 fully saturated rings. The summed E-state index contributed by atoms with van der Waals surface area (Å²) in [5.41, 5.74) is 1.95. The van der Waals surface area contributed by atoms with Crippen molar-refractivity contribution in [1.82, 2.24) is 14.9 Å². The van der Waals surface area contributed by atoms with E-state index in [9.17, 15) is 9.59 Å². The lowest BCUT2D eigenvalue weighted by molar-refractivity contribution is -0.120. The number of carbonyl (C=O) groups is 1. The zero-order valence-corrected chi connectivity index (χ0v) is 18.4. The van der Waals surface area contributed by atoms with Crippen molar-refractivity contribution >= 4 is 39.2 Å². The van der Waals surface area contributed by atoms with Gasteiger partial charge in [-0.05, 0) is 57.2 Å². The van der Waals surface area contributed by atoms with Gasteiger partial charge in [-0.3, -0.25) is 14.2 Å². The maximum Gasteiger partial charge on any atom is 0.267 e. The van der Waals surface area contributed by atoms with Crippen LogP contribution in [0.1, 0.15) is 43.6 Å². The number of aromatic nitrogens is 2. The van der Waals surface area contributed by atoms with E-state index in [2.05, 4.69) is 5.32 Å². The van der Waals surface area contributed by atoms with Gasteiger partial charge in [0.25, 0.3) is 5.56 Å². The van der Waals surface area contributed by atoms with Crippen molar-refractivity contribution in [3.05, 3.63) is 51.1 Å². The Balaban J connectivity index is 1.90. The number of thiophene rings is 1. The summed E-state index contributed by atoms with van der Waals surface area (Å²) < 4.78 is 1.68. The van der Waals surface area contributed by atoms with Crippen LogP contribution in [0.4, 0.5) is 0 Å². The molecule has 0 saturated heterocycles. The molecule has 1 atom stereocenters. The van der Waals surface area contributed by atoms with E-state index in [-0.39, 0.29) is 16.7 Å². The molecule has 0 bridgehead atoms. The molecule has 0 aliphatic heterocycles. The molecule has 29 heavy (non-hydrogen) atoms. The van der Waals surface area contributed by atoms with Crippen LogP contribution >= 0.6 is 23.1 Å². The van der Waals surface area contributed by atoms with Gasteiger partial charge in [-0.15, -0.1) is 11.3 Å². The molecule has 0 spiro atoms. The smallest absolute Gasteiger partial charge is 0.267 e. The summed E-state index contributed by atoms with van der Waals surface area (Å²) in [5, 5.41) is 3.85. The van der Waals surface area contributed by atoms with Crippen LogP contribution < -0.4 is 10.9 Å². The Morgan fingerprint density at radius 3 is 2.76 bits per heavy atom. The minimum Gasteiger partial charge on any atom is -0.355 e. The number of nitrogens with zero attached hydrogens (tertiary/aromatic N) is 2. The quantitative estimate of drug-likeness (QED) is 0.374.